The molecular formula is C27H37F3N2O5. The number of halogens is 3. The van der Waals surface area contributed by atoms with E-state index < -0.39 is 23.1 Å². The van der Waals surface area contributed by atoms with Crippen molar-refractivity contribution in [2.24, 2.45) is 0 Å². The first-order chi connectivity index (χ1) is 17.5. The maximum Gasteiger partial charge on any atom is 0.417 e. The van der Waals surface area contributed by atoms with Crippen LogP contribution in [-0.4, -0.2) is 48.5 Å². The normalized spacial score (nSPS) is 18.6. The van der Waals surface area contributed by atoms with Crippen LogP contribution in [0.3, 0.4) is 0 Å². The minimum atomic E-state index is -4.68. The Morgan fingerprint density at radius 1 is 1.08 bits per heavy atom. The zero-order valence-electron chi connectivity index (χ0n) is 22.3. The number of benzene rings is 1. The third-order valence-electron chi connectivity index (χ3n) is 7.01. The molecule has 1 saturated heterocycles. The summed E-state index contributed by atoms with van der Waals surface area (Å²) in [5, 5.41) is -0.113. The van der Waals surface area contributed by atoms with Gasteiger partial charge in [0.25, 0.3) is 0 Å². The summed E-state index contributed by atoms with van der Waals surface area (Å²) in [6.07, 6.45) is -0.403. The van der Waals surface area contributed by atoms with Gasteiger partial charge in [0.05, 0.1) is 12.2 Å². The molecule has 1 unspecified atom stereocenters. The van der Waals surface area contributed by atoms with Crippen LogP contribution in [0.1, 0.15) is 76.5 Å². The van der Waals surface area contributed by atoms with Gasteiger partial charge in [-0.05, 0) is 50.7 Å². The molecule has 206 valence electrons. The van der Waals surface area contributed by atoms with Crippen molar-refractivity contribution >= 4 is 17.0 Å². The third-order valence-corrected chi connectivity index (χ3v) is 7.01. The van der Waals surface area contributed by atoms with Gasteiger partial charge in [0.15, 0.2) is 0 Å². The second-order valence-electron chi connectivity index (χ2n) is 9.66. The molecule has 2 amide bonds. The molecule has 1 aromatic carbocycles. The molecular weight excluding hydrogens is 489 g/mol. The van der Waals surface area contributed by atoms with Crippen LogP contribution >= 0.6 is 0 Å². The Balaban J connectivity index is 1.79. The van der Waals surface area contributed by atoms with Gasteiger partial charge in [-0.3, -0.25) is 4.90 Å². The first-order valence-corrected chi connectivity index (χ1v) is 13.0. The summed E-state index contributed by atoms with van der Waals surface area (Å²) < 4.78 is 58.6. The second kappa shape index (κ2) is 11.8. The first kappa shape index (κ1) is 28.8. The number of carbonyl (C=O) groups is 1. The smallest absolute Gasteiger partial charge is 0.417 e. The molecule has 1 fully saturated rings. The maximum atomic E-state index is 13.7. The van der Waals surface area contributed by atoms with Crippen molar-refractivity contribution in [1.82, 2.24) is 9.80 Å². The highest BCUT2D eigenvalue weighted by molar-refractivity contribution is 5.87. The summed E-state index contributed by atoms with van der Waals surface area (Å²) in [7, 11) is 1.73. The lowest BCUT2D eigenvalue weighted by atomic mass is 9.96. The van der Waals surface area contributed by atoms with Crippen molar-refractivity contribution in [2.75, 3.05) is 26.9 Å². The molecule has 0 spiro atoms. The highest BCUT2D eigenvalue weighted by Crippen LogP contribution is 2.40. The lowest BCUT2D eigenvalue weighted by Crippen LogP contribution is -2.60. The molecule has 2 aromatic rings. The molecule has 1 atom stereocenters. The van der Waals surface area contributed by atoms with Crippen molar-refractivity contribution in [2.45, 2.75) is 84.5 Å². The van der Waals surface area contributed by atoms with Crippen molar-refractivity contribution < 1.29 is 31.9 Å². The van der Waals surface area contributed by atoms with Crippen LogP contribution in [0.25, 0.3) is 11.0 Å². The van der Waals surface area contributed by atoms with Gasteiger partial charge >= 0.3 is 17.8 Å². The number of alkyl halides is 3. The van der Waals surface area contributed by atoms with Crippen LogP contribution < -0.4 is 10.4 Å². The van der Waals surface area contributed by atoms with E-state index in [0.29, 0.717) is 81.0 Å². The van der Waals surface area contributed by atoms with Crippen molar-refractivity contribution in [3.63, 3.8) is 0 Å². The number of hydrogen-bond donors (Lipinski definition) is 0. The van der Waals surface area contributed by atoms with E-state index in [1.165, 1.54) is 6.07 Å². The molecule has 10 heteroatoms. The van der Waals surface area contributed by atoms with Gasteiger partial charge in [0.1, 0.15) is 23.8 Å². The SMILES string of the molecule is CCCc1cc2c(C(F)(F)F)cc(=O)oc2c(CCC)c1OCCCCN1COC(C)(CC)N(C)C1=O. The Kier molecular flexibility index (Phi) is 9.15. The average Bonchev–Trinajstić information content (AvgIpc) is 2.84. The highest BCUT2D eigenvalue weighted by atomic mass is 19.4. The molecule has 0 aliphatic carbocycles. The fourth-order valence-corrected chi connectivity index (χ4v) is 4.62. The van der Waals surface area contributed by atoms with E-state index in [0.717, 1.165) is 0 Å². The van der Waals surface area contributed by atoms with E-state index in [1.54, 1.807) is 16.8 Å². The Morgan fingerprint density at radius 2 is 1.78 bits per heavy atom. The predicted molar refractivity (Wildman–Crippen MR) is 135 cm³/mol. The van der Waals surface area contributed by atoms with Crippen LogP contribution in [0.2, 0.25) is 0 Å². The number of rotatable bonds is 11. The topological polar surface area (TPSA) is 72.2 Å². The minimum Gasteiger partial charge on any atom is -0.493 e. The minimum absolute atomic E-state index is 0.0606. The Morgan fingerprint density at radius 3 is 2.41 bits per heavy atom. The van der Waals surface area contributed by atoms with Gasteiger partial charge in [-0.1, -0.05) is 33.6 Å². The summed E-state index contributed by atoms with van der Waals surface area (Å²) in [4.78, 5) is 28.0. The molecule has 2 heterocycles. The van der Waals surface area contributed by atoms with Gasteiger partial charge < -0.3 is 18.8 Å². The van der Waals surface area contributed by atoms with Gasteiger partial charge in [0.2, 0.25) is 0 Å². The number of carbonyl (C=O) groups excluding carboxylic acids is 1. The summed E-state index contributed by atoms with van der Waals surface area (Å²) in [6, 6.07) is 1.88. The molecule has 7 nitrogen and oxygen atoms in total. The fraction of sp³-hybridized carbons (Fsp3) is 0.630. The zero-order valence-corrected chi connectivity index (χ0v) is 22.3. The molecule has 1 aliphatic heterocycles. The lowest BCUT2D eigenvalue weighted by molar-refractivity contribution is -0.176. The Hall–Kier alpha value is -2.75. The number of aryl methyl sites for hydroxylation is 2. The average molecular weight is 527 g/mol. The zero-order chi connectivity index (χ0) is 27.4. The van der Waals surface area contributed by atoms with E-state index in [1.807, 2.05) is 27.7 Å². The summed E-state index contributed by atoms with van der Waals surface area (Å²) in [5.74, 6) is 0.495. The molecule has 0 radical (unpaired) electrons. The highest BCUT2D eigenvalue weighted by Gasteiger charge is 2.39. The third kappa shape index (κ3) is 6.22. The molecule has 37 heavy (non-hydrogen) atoms. The summed E-state index contributed by atoms with van der Waals surface area (Å²) >= 11 is 0. The summed E-state index contributed by atoms with van der Waals surface area (Å²) in [5.41, 5.74) is -1.54. The van der Waals surface area contributed by atoms with Crippen LogP contribution in [-0.2, 0) is 23.8 Å². The maximum absolute atomic E-state index is 13.7. The van der Waals surface area contributed by atoms with Crippen LogP contribution in [0.15, 0.2) is 21.3 Å². The first-order valence-electron chi connectivity index (χ1n) is 13.0. The lowest BCUT2D eigenvalue weighted by Gasteiger charge is -2.46. The molecule has 1 aliphatic rings. The predicted octanol–water partition coefficient (Wildman–Crippen LogP) is 6.34. The van der Waals surface area contributed by atoms with Crippen LogP contribution in [0, 0.1) is 0 Å². The monoisotopic (exact) mass is 526 g/mol. The Bertz CT molecular complexity index is 1160. The van der Waals surface area contributed by atoms with E-state index >= 15 is 0 Å². The number of hydrogen-bond acceptors (Lipinski definition) is 5. The number of unbranched alkanes of at least 4 members (excludes halogenated alkanes) is 1. The largest absolute Gasteiger partial charge is 0.493 e. The van der Waals surface area contributed by atoms with Gasteiger partial charge in [0, 0.05) is 30.6 Å². The van der Waals surface area contributed by atoms with E-state index in [-0.39, 0.29) is 23.7 Å². The van der Waals surface area contributed by atoms with Crippen molar-refractivity contribution in [3.05, 3.63) is 39.2 Å². The number of urea groups is 1. The van der Waals surface area contributed by atoms with Gasteiger partial charge in [-0.25, -0.2) is 9.59 Å². The number of ether oxygens (including phenoxy) is 2. The van der Waals surface area contributed by atoms with Crippen LogP contribution in [0.4, 0.5) is 18.0 Å². The number of nitrogens with zero attached hydrogens (tertiary/aromatic N) is 2. The van der Waals surface area contributed by atoms with Crippen molar-refractivity contribution in [3.8, 4) is 5.75 Å². The van der Waals surface area contributed by atoms with Gasteiger partial charge in [-0.15, -0.1) is 0 Å². The molecule has 1 aromatic heterocycles. The van der Waals surface area contributed by atoms with E-state index in [2.05, 4.69) is 0 Å². The number of amides is 2. The molecule has 0 bridgehead atoms. The van der Waals surface area contributed by atoms with E-state index in [9.17, 15) is 22.8 Å². The standard InChI is InChI=1S/C27H37F3N2O5/c1-6-11-18-15-20-21(27(28,29)30)16-22(33)37-24(20)19(12-7-2)23(18)35-14-10-9-13-32-17-36-26(4,8-3)31(5)25(32)34/h15-16H,6-14,17H2,1-5H3. The van der Waals surface area contributed by atoms with Gasteiger partial charge in [-0.2, -0.15) is 13.2 Å². The number of fused-ring (bicyclic) bond motifs is 1. The Labute approximate surface area is 215 Å². The van der Waals surface area contributed by atoms with Crippen molar-refractivity contribution in [1.29, 1.82) is 0 Å². The molecule has 0 saturated carbocycles. The fourth-order valence-electron chi connectivity index (χ4n) is 4.62. The second-order valence-corrected chi connectivity index (χ2v) is 9.66. The van der Waals surface area contributed by atoms with E-state index in [4.69, 9.17) is 13.9 Å². The summed E-state index contributed by atoms with van der Waals surface area (Å²) in [6.45, 7) is 8.75. The quantitative estimate of drug-likeness (QED) is 0.252. The molecule has 3 rings (SSSR count). The van der Waals surface area contributed by atoms with Crippen LogP contribution in [0.5, 0.6) is 5.75 Å². The molecule has 0 N–H and O–H groups in total.